The quantitative estimate of drug-likeness (QED) is 0.328. The second-order valence-electron chi connectivity index (χ2n) is 9.09. The van der Waals surface area contributed by atoms with Crippen LogP contribution in [0.15, 0.2) is 73.2 Å². The summed E-state index contributed by atoms with van der Waals surface area (Å²) in [5.74, 6) is -0.535. The molecule has 41 heavy (non-hydrogen) atoms. The Hall–Kier alpha value is -4.94. The standard InChI is InChI=1S/C28H26F3N7O3/c1-2-41-27(40)20-7-3-4-8-22(20)36-13-15-37(16-14-36)23-11-10-19(17-33-23)34-26(39)21-18-38(24-9-5-6-12-32-24)35-25(21)28(29,30)31/h3-12,17-18H,2,13-16H2,1H3,(H,34,39). The van der Waals surface area contributed by atoms with E-state index < -0.39 is 23.3 Å². The fraction of sp³-hybridized carbons (Fsp3) is 0.250. The predicted octanol–water partition coefficient (Wildman–Crippen LogP) is 4.44. The van der Waals surface area contributed by atoms with Gasteiger partial charge in [0.05, 0.1) is 35.3 Å². The normalized spacial score (nSPS) is 13.7. The Morgan fingerprint density at radius 1 is 0.902 bits per heavy atom. The van der Waals surface area contributed by atoms with Crippen molar-refractivity contribution in [1.82, 2.24) is 19.7 Å². The molecule has 212 valence electrons. The van der Waals surface area contributed by atoms with Crippen LogP contribution in [0.4, 0.5) is 30.4 Å². The lowest BCUT2D eigenvalue weighted by molar-refractivity contribution is -0.141. The zero-order chi connectivity index (χ0) is 29.0. The number of aromatic nitrogens is 4. The summed E-state index contributed by atoms with van der Waals surface area (Å²) in [7, 11) is 0. The maximum atomic E-state index is 13.6. The molecule has 0 radical (unpaired) electrons. The Morgan fingerprint density at radius 2 is 1.63 bits per heavy atom. The number of rotatable bonds is 7. The van der Waals surface area contributed by atoms with Crippen LogP contribution in [-0.4, -0.2) is 64.4 Å². The van der Waals surface area contributed by atoms with Crippen molar-refractivity contribution >= 4 is 29.1 Å². The zero-order valence-electron chi connectivity index (χ0n) is 22.0. The third kappa shape index (κ3) is 6.13. The van der Waals surface area contributed by atoms with Crippen molar-refractivity contribution < 1.29 is 27.5 Å². The Balaban J connectivity index is 1.25. The molecule has 1 aromatic carbocycles. The first kappa shape index (κ1) is 27.6. The molecule has 1 amide bonds. The molecule has 1 fully saturated rings. The molecular weight excluding hydrogens is 539 g/mol. The molecule has 4 heterocycles. The molecule has 0 spiro atoms. The number of amides is 1. The zero-order valence-corrected chi connectivity index (χ0v) is 22.0. The summed E-state index contributed by atoms with van der Waals surface area (Å²) in [5, 5.41) is 6.03. The number of nitrogens with zero attached hydrogens (tertiary/aromatic N) is 6. The summed E-state index contributed by atoms with van der Waals surface area (Å²) in [6.07, 6.45) is -1.03. The lowest BCUT2D eigenvalue weighted by Gasteiger charge is -2.37. The van der Waals surface area contributed by atoms with E-state index in [4.69, 9.17) is 4.74 Å². The number of carbonyl (C=O) groups excluding carboxylic acids is 2. The molecule has 0 atom stereocenters. The molecule has 3 aromatic heterocycles. The van der Waals surface area contributed by atoms with Crippen LogP contribution < -0.4 is 15.1 Å². The van der Waals surface area contributed by atoms with Crippen molar-refractivity contribution in [2.24, 2.45) is 0 Å². The number of halogens is 3. The van der Waals surface area contributed by atoms with E-state index in [0.717, 1.165) is 16.6 Å². The summed E-state index contributed by atoms with van der Waals surface area (Å²) in [6, 6.07) is 15.3. The van der Waals surface area contributed by atoms with Crippen molar-refractivity contribution in [2.75, 3.05) is 47.9 Å². The molecule has 1 saturated heterocycles. The molecule has 13 heteroatoms. The largest absolute Gasteiger partial charge is 0.462 e. The first-order valence-electron chi connectivity index (χ1n) is 12.9. The van der Waals surface area contributed by atoms with E-state index in [9.17, 15) is 22.8 Å². The van der Waals surface area contributed by atoms with Crippen molar-refractivity contribution in [3.05, 3.63) is 90.0 Å². The van der Waals surface area contributed by atoms with Gasteiger partial charge in [-0.25, -0.2) is 19.4 Å². The minimum absolute atomic E-state index is 0.146. The molecule has 1 aliphatic heterocycles. The molecule has 10 nitrogen and oxygen atoms in total. The third-order valence-electron chi connectivity index (χ3n) is 6.46. The highest BCUT2D eigenvalue weighted by molar-refractivity contribution is 6.05. The van der Waals surface area contributed by atoms with Gasteiger partial charge in [-0.3, -0.25) is 4.79 Å². The molecule has 0 bridgehead atoms. The number of hydrogen-bond donors (Lipinski definition) is 1. The van der Waals surface area contributed by atoms with Gasteiger partial charge in [0.25, 0.3) is 5.91 Å². The van der Waals surface area contributed by atoms with Crippen LogP contribution in [0.5, 0.6) is 0 Å². The van der Waals surface area contributed by atoms with E-state index >= 15 is 0 Å². The molecule has 5 rings (SSSR count). The highest BCUT2D eigenvalue weighted by Gasteiger charge is 2.39. The van der Waals surface area contributed by atoms with Crippen molar-refractivity contribution in [2.45, 2.75) is 13.1 Å². The fourth-order valence-electron chi connectivity index (χ4n) is 4.51. The van der Waals surface area contributed by atoms with Crippen LogP contribution in [0.2, 0.25) is 0 Å². The number of alkyl halides is 3. The van der Waals surface area contributed by atoms with Gasteiger partial charge >= 0.3 is 12.1 Å². The molecule has 0 saturated carbocycles. The summed E-state index contributed by atoms with van der Waals surface area (Å²) in [4.78, 5) is 37.8. The van der Waals surface area contributed by atoms with Gasteiger partial charge in [-0.05, 0) is 43.3 Å². The Bertz CT molecular complexity index is 1520. The molecule has 0 unspecified atom stereocenters. The second kappa shape index (κ2) is 11.7. The van der Waals surface area contributed by atoms with Crippen molar-refractivity contribution in [3.8, 4) is 5.82 Å². The molecule has 0 aliphatic carbocycles. The van der Waals surface area contributed by atoms with Crippen LogP contribution >= 0.6 is 0 Å². The average molecular weight is 566 g/mol. The van der Waals surface area contributed by atoms with Crippen LogP contribution in [-0.2, 0) is 10.9 Å². The summed E-state index contributed by atoms with van der Waals surface area (Å²) >= 11 is 0. The molecule has 1 aliphatic rings. The van der Waals surface area contributed by atoms with Crippen molar-refractivity contribution in [1.29, 1.82) is 0 Å². The highest BCUT2D eigenvalue weighted by atomic mass is 19.4. The molecule has 4 aromatic rings. The first-order chi connectivity index (χ1) is 19.7. The van der Waals surface area contributed by atoms with E-state index in [1.807, 2.05) is 17.0 Å². The van der Waals surface area contributed by atoms with Gasteiger partial charge in [-0.2, -0.15) is 18.3 Å². The Labute approximate surface area is 233 Å². The lowest BCUT2D eigenvalue weighted by atomic mass is 10.1. The van der Waals surface area contributed by atoms with Gasteiger partial charge in [-0.15, -0.1) is 0 Å². The third-order valence-corrected chi connectivity index (χ3v) is 6.46. The van der Waals surface area contributed by atoms with Gasteiger partial charge < -0.3 is 19.9 Å². The molecule has 1 N–H and O–H groups in total. The Kier molecular flexibility index (Phi) is 7.86. The Morgan fingerprint density at radius 3 is 2.29 bits per heavy atom. The van der Waals surface area contributed by atoms with E-state index in [1.54, 1.807) is 43.3 Å². The van der Waals surface area contributed by atoms with Crippen LogP contribution in [0.1, 0.15) is 33.3 Å². The summed E-state index contributed by atoms with van der Waals surface area (Å²) < 4.78 is 47.0. The highest BCUT2D eigenvalue weighted by Crippen LogP contribution is 2.32. The van der Waals surface area contributed by atoms with Gasteiger partial charge in [0, 0.05) is 38.6 Å². The number of piperazine rings is 1. The number of esters is 1. The maximum absolute atomic E-state index is 13.6. The number of ether oxygens (including phenoxy) is 1. The summed E-state index contributed by atoms with van der Waals surface area (Å²) in [5.41, 5.74) is -0.389. The number of hydrogen-bond acceptors (Lipinski definition) is 8. The number of benzene rings is 1. The SMILES string of the molecule is CCOC(=O)c1ccccc1N1CCN(c2ccc(NC(=O)c3cn(-c4ccccn4)nc3C(F)(F)F)cn2)CC1. The number of para-hydroxylation sites is 1. The van der Waals surface area contributed by atoms with E-state index in [1.165, 1.54) is 18.5 Å². The smallest absolute Gasteiger partial charge is 0.435 e. The number of anilines is 3. The summed E-state index contributed by atoms with van der Waals surface area (Å²) in [6.45, 7) is 4.57. The number of pyridine rings is 2. The second-order valence-corrected chi connectivity index (χ2v) is 9.09. The van der Waals surface area contributed by atoms with E-state index in [-0.39, 0.29) is 17.5 Å². The minimum atomic E-state index is -4.84. The van der Waals surface area contributed by atoms with Gasteiger partial charge in [0.2, 0.25) is 0 Å². The number of carbonyl (C=O) groups is 2. The first-order valence-corrected chi connectivity index (χ1v) is 12.9. The van der Waals surface area contributed by atoms with Gasteiger partial charge in [0.1, 0.15) is 5.82 Å². The predicted molar refractivity (Wildman–Crippen MR) is 145 cm³/mol. The van der Waals surface area contributed by atoms with Gasteiger partial charge in [-0.1, -0.05) is 18.2 Å². The monoisotopic (exact) mass is 565 g/mol. The minimum Gasteiger partial charge on any atom is -0.462 e. The van der Waals surface area contributed by atoms with E-state index in [0.29, 0.717) is 44.2 Å². The average Bonchev–Trinajstić information content (AvgIpc) is 3.45. The number of nitrogens with one attached hydrogen (secondary N) is 1. The fourth-order valence-corrected chi connectivity index (χ4v) is 4.51. The van der Waals surface area contributed by atoms with Crippen LogP contribution in [0.3, 0.4) is 0 Å². The molecular formula is C28H26F3N7O3. The van der Waals surface area contributed by atoms with Crippen molar-refractivity contribution in [3.63, 3.8) is 0 Å². The van der Waals surface area contributed by atoms with E-state index in [2.05, 4.69) is 25.3 Å². The maximum Gasteiger partial charge on any atom is 0.435 e. The van der Waals surface area contributed by atoms with Gasteiger partial charge in [0.15, 0.2) is 11.5 Å². The topological polar surface area (TPSA) is 105 Å². The van der Waals surface area contributed by atoms with Crippen LogP contribution in [0.25, 0.3) is 5.82 Å². The van der Waals surface area contributed by atoms with Crippen LogP contribution in [0, 0.1) is 0 Å². The lowest BCUT2D eigenvalue weighted by Crippen LogP contribution is -2.47.